The number of nitrogens with one attached hydrogen (secondary N) is 2. The number of aromatic nitrogens is 1. The van der Waals surface area contributed by atoms with Crippen LogP contribution in [0.1, 0.15) is 16.1 Å². The number of hydrogen-bond acceptors (Lipinski definition) is 5. The van der Waals surface area contributed by atoms with Crippen molar-refractivity contribution >= 4 is 23.0 Å². The van der Waals surface area contributed by atoms with E-state index < -0.39 is 0 Å². The predicted molar refractivity (Wildman–Crippen MR) is 106 cm³/mol. The van der Waals surface area contributed by atoms with Gasteiger partial charge in [-0.25, -0.2) is 4.98 Å². The topological polar surface area (TPSA) is 72.5 Å². The molecule has 6 nitrogen and oxygen atoms in total. The van der Waals surface area contributed by atoms with Crippen molar-refractivity contribution in [1.29, 1.82) is 0 Å². The SMILES string of the molecule is COc1cccc(NC(=O)c2ccc(Nc3cc(C)ccc3OC)cn2)c1. The normalized spacial score (nSPS) is 10.2. The van der Waals surface area contributed by atoms with Crippen LogP contribution in [0, 0.1) is 6.92 Å². The van der Waals surface area contributed by atoms with Crippen LogP contribution in [0.15, 0.2) is 60.8 Å². The Hall–Kier alpha value is -3.54. The zero-order valence-electron chi connectivity index (χ0n) is 15.4. The number of carbonyl (C=O) groups is 1. The van der Waals surface area contributed by atoms with E-state index in [1.807, 2.05) is 37.3 Å². The molecule has 1 aromatic heterocycles. The third kappa shape index (κ3) is 4.55. The van der Waals surface area contributed by atoms with E-state index in [0.717, 1.165) is 22.7 Å². The molecule has 0 aliphatic rings. The Morgan fingerprint density at radius 1 is 0.963 bits per heavy atom. The molecule has 0 aliphatic carbocycles. The summed E-state index contributed by atoms with van der Waals surface area (Å²) in [7, 11) is 3.21. The molecular weight excluding hydrogens is 342 g/mol. The molecule has 138 valence electrons. The summed E-state index contributed by atoms with van der Waals surface area (Å²) in [6, 6.07) is 16.5. The summed E-state index contributed by atoms with van der Waals surface area (Å²) in [6.07, 6.45) is 1.61. The number of ether oxygens (including phenoxy) is 2. The first kappa shape index (κ1) is 18.3. The Balaban J connectivity index is 1.71. The molecular formula is C21H21N3O3. The van der Waals surface area contributed by atoms with Gasteiger partial charge < -0.3 is 20.1 Å². The first-order valence-corrected chi connectivity index (χ1v) is 8.42. The molecule has 2 N–H and O–H groups in total. The highest BCUT2D eigenvalue weighted by Gasteiger charge is 2.09. The molecule has 1 heterocycles. The molecule has 3 rings (SSSR count). The second-order valence-electron chi connectivity index (χ2n) is 5.95. The maximum absolute atomic E-state index is 12.4. The fourth-order valence-electron chi connectivity index (χ4n) is 2.57. The largest absolute Gasteiger partial charge is 0.497 e. The molecule has 0 aliphatic heterocycles. The van der Waals surface area contributed by atoms with E-state index in [1.54, 1.807) is 44.7 Å². The van der Waals surface area contributed by atoms with Crippen molar-refractivity contribution in [1.82, 2.24) is 4.98 Å². The Kier molecular flexibility index (Phi) is 5.56. The van der Waals surface area contributed by atoms with Gasteiger partial charge in [0.1, 0.15) is 17.2 Å². The number of aryl methyl sites for hydroxylation is 1. The fraction of sp³-hybridized carbons (Fsp3) is 0.143. The molecule has 1 amide bonds. The second-order valence-corrected chi connectivity index (χ2v) is 5.95. The van der Waals surface area contributed by atoms with Crippen molar-refractivity contribution in [2.45, 2.75) is 6.92 Å². The van der Waals surface area contributed by atoms with Crippen molar-refractivity contribution in [3.8, 4) is 11.5 Å². The van der Waals surface area contributed by atoms with Crippen LogP contribution in [0.4, 0.5) is 17.1 Å². The molecule has 6 heteroatoms. The summed E-state index contributed by atoms with van der Waals surface area (Å²) >= 11 is 0. The van der Waals surface area contributed by atoms with E-state index in [2.05, 4.69) is 15.6 Å². The lowest BCUT2D eigenvalue weighted by molar-refractivity contribution is 0.102. The van der Waals surface area contributed by atoms with Crippen molar-refractivity contribution in [2.24, 2.45) is 0 Å². The van der Waals surface area contributed by atoms with Crippen molar-refractivity contribution in [3.63, 3.8) is 0 Å². The average molecular weight is 363 g/mol. The summed E-state index contributed by atoms with van der Waals surface area (Å²) in [4.78, 5) is 16.6. The highest BCUT2D eigenvalue weighted by atomic mass is 16.5. The monoisotopic (exact) mass is 363 g/mol. The van der Waals surface area contributed by atoms with Gasteiger partial charge >= 0.3 is 0 Å². The summed E-state index contributed by atoms with van der Waals surface area (Å²) < 4.78 is 10.5. The number of pyridine rings is 1. The van der Waals surface area contributed by atoms with Crippen LogP contribution in [0.5, 0.6) is 11.5 Å². The summed E-state index contributed by atoms with van der Waals surface area (Å²) in [6.45, 7) is 2.01. The third-order valence-corrected chi connectivity index (χ3v) is 3.96. The zero-order chi connectivity index (χ0) is 19.2. The molecule has 0 bridgehead atoms. The smallest absolute Gasteiger partial charge is 0.274 e. The zero-order valence-corrected chi connectivity index (χ0v) is 15.4. The Morgan fingerprint density at radius 3 is 2.52 bits per heavy atom. The number of anilines is 3. The number of carbonyl (C=O) groups excluding carboxylic acids is 1. The average Bonchev–Trinajstić information content (AvgIpc) is 2.69. The molecule has 0 fully saturated rings. The van der Waals surface area contributed by atoms with Crippen LogP contribution in [-0.2, 0) is 0 Å². The Labute approximate surface area is 158 Å². The van der Waals surface area contributed by atoms with Gasteiger partial charge in [0.2, 0.25) is 0 Å². The second kappa shape index (κ2) is 8.23. The van der Waals surface area contributed by atoms with Crippen LogP contribution in [-0.4, -0.2) is 25.1 Å². The van der Waals surface area contributed by atoms with E-state index in [9.17, 15) is 4.79 Å². The van der Waals surface area contributed by atoms with E-state index in [0.29, 0.717) is 17.1 Å². The third-order valence-electron chi connectivity index (χ3n) is 3.96. The van der Waals surface area contributed by atoms with Crippen molar-refractivity contribution in [3.05, 3.63) is 72.1 Å². The number of amides is 1. The summed E-state index contributed by atoms with van der Waals surface area (Å²) in [5.41, 5.74) is 3.68. The van der Waals surface area contributed by atoms with Crippen LogP contribution in [0.25, 0.3) is 0 Å². The standard InChI is InChI=1S/C21H21N3O3/c1-14-7-10-20(27-3)19(11-14)23-16-8-9-18(22-13-16)21(25)24-15-5-4-6-17(12-15)26-2/h4-13,23H,1-3H3,(H,24,25). The molecule has 0 saturated heterocycles. The Morgan fingerprint density at radius 2 is 1.81 bits per heavy atom. The predicted octanol–water partition coefficient (Wildman–Crippen LogP) is 4.40. The number of benzene rings is 2. The van der Waals surface area contributed by atoms with Gasteiger partial charge in [-0.3, -0.25) is 4.79 Å². The lowest BCUT2D eigenvalue weighted by Crippen LogP contribution is -2.13. The van der Waals surface area contributed by atoms with Gasteiger partial charge in [-0.15, -0.1) is 0 Å². The van der Waals surface area contributed by atoms with E-state index >= 15 is 0 Å². The maximum atomic E-state index is 12.4. The maximum Gasteiger partial charge on any atom is 0.274 e. The van der Waals surface area contributed by atoms with Gasteiger partial charge in [0, 0.05) is 11.8 Å². The molecule has 0 spiro atoms. The minimum Gasteiger partial charge on any atom is -0.497 e. The number of methoxy groups -OCH3 is 2. The molecule has 3 aromatic rings. The first-order valence-electron chi connectivity index (χ1n) is 8.42. The first-order chi connectivity index (χ1) is 13.1. The van der Waals surface area contributed by atoms with Gasteiger partial charge in [-0.2, -0.15) is 0 Å². The Bertz CT molecular complexity index is 940. The fourth-order valence-corrected chi connectivity index (χ4v) is 2.57. The highest BCUT2D eigenvalue weighted by molar-refractivity contribution is 6.03. The highest BCUT2D eigenvalue weighted by Crippen LogP contribution is 2.28. The number of nitrogens with zero attached hydrogens (tertiary/aromatic N) is 1. The number of hydrogen-bond donors (Lipinski definition) is 2. The van der Waals surface area contributed by atoms with Gasteiger partial charge in [0.25, 0.3) is 5.91 Å². The quantitative estimate of drug-likeness (QED) is 0.679. The van der Waals surface area contributed by atoms with Gasteiger partial charge in [0.15, 0.2) is 0 Å². The summed E-state index contributed by atoms with van der Waals surface area (Å²) in [5.74, 6) is 1.12. The summed E-state index contributed by atoms with van der Waals surface area (Å²) in [5, 5.41) is 6.07. The van der Waals surface area contributed by atoms with Crippen LogP contribution in [0.2, 0.25) is 0 Å². The molecule has 27 heavy (non-hydrogen) atoms. The van der Waals surface area contributed by atoms with E-state index in [-0.39, 0.29) is 5.91 Å². The van der Waals surface area contributed by atoms with Crippen molar-refractivity contribution in [2.75, 3.05) is 24.9 Å². The van der Waals surface area contributed by atoms with Gasteiger partial charge in [-0.05, 0) is 48.9 Å². The molecule has 0 atom stereocenters. The van der Waals surface area contributed by atoms with Crippen LogP contribution >= 0.6 is 0 Å². The minimum atomic E-state index is -0.289. The molecule has 0 unspecified atom stereocenters. The van der Waals surface area contributed by atoms with Crippen molar-refractivity contribution < 1.29 is 14.3 Å². The lowest BCUT2D eigenvalue weighted by Gasteiger charge is -2.12. The molecule has 2 aromatic carbocycles. The molecule has 0 saturated carbocycles. The lowest BCUT2D eigenvalue weighted by atomic mass is 10.2. The van der Waals surface area contributed by atoms with E-state index in [1.165, 1.54) is 0 Å². The molecule has 0 radical (unpaired) electrons. The minimum absolute atomic E-state index is 0.289. The van der Waals surface area contributed by atoms with Crippen LogP contribution < -0.4 is 20.1 Å². The van der Waals surface area contributed by atoms with Gasteiger partial charge in [-0.1, -0.05) is 12.1 Å². The van der Waals surface area contributed by atoms with Gasteiger partial charge in [0.05, 0.1) is 31.8 Å². The number of rotatable bonds is 6. The van der Waals surface area contributed by atoms with Crippen LogP contribution in [0.3, 0.4) is 0 Å². The van der Waals surface area contributed by atoms with E-state index in [4.69, 9.17) is 9.47 Å².